The van der Waals surface area contributed by atoms with E-state index in [9.17, 15) is 0 Å². The Morgan fingerprint density at radius 2 is 0.825 bits per heavy atom. The molecule has 3 nitrogen and oxygen atoms in total. The first-order valence-electron chi connectivity index (χ1n) is 19.5. The predicted octanol–water partition coefficient (Wildman–Crippen LogP) is 13.2. The van der Waals surface area contributed by atoms with Gasteiger partial charge in [0.05, 0.1) is 5.41 Å². The van der Waals surface area contributed by atoms with Gasteiger partial charge in [0, 0.05) is 31.9 Å². The lowest BCUT2D eigenvalue weighted by Gasteiger charge is -2.50. The van der Waals surface area contributed by atoms with E-state index < -0.39 is 5.41 Å². The minimum atomic E-state index is -0.489. The predicted molar refractivity (Wildman–Crippen MR) is 234 cm³/mol. The number of benzene rings is 8. The highest BCUT2D eigenvalue weighted by Gasteiger charge is 2.52. The van der Waals surface area contributed by atoms with Crippen LogP contribution in [0.2, 0.25) is 0 Å². The highest BCUT2D eigenvalue weighted by atomic mass is 32.2. The fraction of sp³-hybridized carbons (Fsp3) is 0.0755. The first kappa shape index (κ1) is 33.7. The summed E-state index contributed by atoms with van der Waals surface area (Å²) in [5, 5.41) is 2.27. The van der Waals surface area contributed by atoms with Gasteiger partial charge >= 0.3 is 0 Å². The van der Waals surface area contributed by atoms with Crippen LogP contribution in [0, 0.1) is 0 Å². The van der Waals surface area contributed by atoms with E-state index in [2.05, 4.69) is 184 Å². The zero-order valence-electron chi connectivity index (χ0n) is 31.6. The molecule has 270 valence electrons. The Labute approximate surface area is 337 Å². The molecule has 1 aromatic heterocycles. The lowest BCUT2D eigenvalue weighted by molar-refractivity contribution is 0.549. The van der Waals surface area contributed by atoms with E-state index in [0.29, 0.717) is 17.5 Å². The zero-order valence-corrected chi connectivity index (χ0v) is 32.5. The molecule has 0 saturated heterocycles. The van der Waals surface area contributed by atoms with E-state index in [-0.39, 0.29) is 5.41 Å². The van der Waals surface area contributed by atoms with Crippen LogP contribution < -0.4 is 0 Å². The van der Waals surface area contributed by atoms with Crippen LogP contribution >= 0.6 is 11.8 Å². The van der Waals surface area contributed by atoms with Crippen molar-refractivity contribution < 1.29 is 0 Å². The summed E-state index contributed by atoms with van der Waals surface area (Å²) in [5.74, 6) is 1.96. The van der Waals surface area contributed by atoms with Crippen LogP contribution in [0.15, 0.2) is 198 Å². The molecule has 57 heavy (non-hydrogen) atoms. The number of nitrogens with zero attached hydrogens (tertiary/aromatic N) is 3. The van der Waals surface area contributed by atoms with Crippen molar-refractivity contribution in [1.29, 1.82) is 0 Å². The SMILES string of the molecule is CC1(C)c2ccccc2C2(c3ccccc3Sc3ccccc32)c2ccc(-c3nc(-c4ccccc4)nc(-c4ccc(-c5ccccc5)c5ccccc45)n3)cc21. The maximum Gasteiger partial charge on any atom is 0.164 e. The van der Waals surface area contributed by atoms with Gasteiger partial charge in [0.2, 0.25) is 0 Å². The van der Waals surface area contributed by atoms with Crippen LogP contribution in [0.25, 0.3) is 56.1 Å². The van der Waals surface area contributed by atoms with Gasteiger partial charge in [0.15, 0.2) is 17.5 Å². The van der Waals surface area contributed by atoms with Crippen molar-refractivity contribution in [3.8, 4) is 45.3 Å². The Kier molecular flexibility index (Phi) is 7.67. The average molecular weight is 748 g/mol. The van der Waals surface area contributed by atoms with Crippen LogP contribution in [-0.4, -0.2) is 15.0 Å². The summed E-state index contributed by atoms with van der Waals surface area (Å²) in [6.45, 7) is 4.73. The van der Waals surface area contributed by atoms with Gasteiger partial charge in [-0.15, -0.1) is 0 Å². The molecule has 2 heterocycles. The first-order valence-corrected chi connectivity index (χ1v) is 20.3. The summed E-state index contributed by atoms with van der Waals surface area (Å²) in [5.41, 5.74) is 12.4. The number of aromatic nitrogens is 3. The number of hydrogen-bond acceptors (Lipinski definition) is 4. The molecule has 1 spiro atoms. The van der Waals surface area contributed by atoms with Gasteiger partial charge in [0.25, 0.3) is 0 Å². The van der Waals surface area contributed by atoms with Crippen molar-refractivity contribution in [2.45, 2.75) is 34.5 Å². The fourth-order valence-corrected chi connectivity index (χ4v) is 10.6. The maximum atomic E-state index is 5.34. The molecule has 0 amide bonds. The molecule has 11 rings (SSSR count). The van der Waals surface area contributed by atoms with Crippen molar-refractivity contribution >= 4 is 22.5 Å². The summed E-state index contributed by atoms with van der Waals surface area (Å²) in [6.07, 6.45) is 0. The highest BCUT2D eigenvalue weighted by molar-refractivity contribution is 7.99. The summed E-state index contributed by atoms with van der Waals surface area (Å²) >= 11 is 1.87. The second-order valence-electron chi connectivity index (χ2n) is 15.5. The number of fused-ring (bicyclic) bond motifs is 9. The molecule has 0 N–H and O–H groups in total. The van der Waals surface area contributed by atoms with Gasteiger partial charge in [-0.2, -0.15) is 0 Å². The van der Waals surface area contributed by atoms with Crippen molar-refractivity contribution in [2.24, 2.45) is 0 Å². The molecular formula is C53H37N3S. The molecule has 2 aliphatic rings. The molecule has 0 bridgehead atoms. The summed E-state index contributed by atoms with van der Waals surface area (Å²) in [6, 6.07) is 67.8. The molecular weight excluding hydrogens is 711 g/mol. The van der Waals surface area contributed by atoms with Crippen molar-refractivity contribution in [1.82, 2.24) is 15.0 Å². The van der Waals surface area contributed by atoms with Gasteiger partial charge in [-0.1, -0.05) is 189 Å². The van der Waals surface area contributed by atoms with E-state index in [1.807, 2.05) is 30.0 Å². The number of rotatable bonds is 4. The Hall–Kier alpha value is -6.62. The summed E-state index contributed by atoms with van der Waals surface area (Å²) < 4.78 is 0. The molecule has 0 atom stereocenters. The highest BCUT2D eigenvalue weighted by Crippen LogP contribution is 2.61. The first-order chi connectivity index (χ1) is 28.0. The monoisotopic (exact) mass is 747 g/mol. The third kappa shape index (κ3) is 5.10. The normalized spacial score (nSPS) is 14.4. The largest absolute Gasteiger partial charge is 0.208 e. The Morgan fingerprint density at radius 1 is 0.351 bits per heavy atom. The molecule has 8 aromatic carbocycles. The number of hydrogen-bond donors (Lipinski definition) is 0. The lowest BCUT2D eigenvalue weighted by atomic mass is 9.54. The summed E-state index contributed by atoms with van der Waals surface area (Å²) in [7, 11) is 0. The van der Waals surface area contributed by atoms with Gasteiger partial charge in [-0.3, -0.25) is 0 Å². The van der Waals surface area contributed by atoms with Gasteiger partial charge in [0.1, 0.15) is 0 Å². The lowest BCUT2D eigenvalue weighted by Crippen LogP contribution is -2.43. The van der Waals surface area contributed by atoms with E-state index in [1.165, 1.54) is 54.3 Å². The van der Waals surface area contributed by atoms with E-state index in [0.717, 1.165) is 27.5 Å². The molecule has 0 fully saturated rings. The molecule has 0 saturated carbocycles. The van der Waals surface area contributed by atoms with Gasteiger partial charge < -0.3 is 0 Å². The van der Waals surface area contributed by atoms with E-state index in [4.69, 9.17) is 15.0 Å². The molecule has 4 heteroatoms. The van der Waals surface area contributed by atoms with Crippen LogP contribution in [-0.2, 0) is 10.8 Å². The standard InChI is InChI=1S/C53H37N3S/c1-52(2)41-23-11-12-24-42(41)53(44-25-13-15-27-47(44)57-48-28-16-14-26-45(48)53)43-32-29-36(33-46(43)52)50-54-49(35-19-7-4-8-20-35)55-51(56-50)40-31-30-37(34-17-5-3-6-18-34)38-21-9-10-22-39(38)40/h3-33H,1-2H3. The molecule has 0 radical (unpaired) electrons. The quantitative estimate of drug-likeness (QED) is 0.180. The van der Waals surface area contributed by atoms with Crippen LogP contribution in [0.4, 0.5) is 0 Å². The van der Waals surface area contributed by atoms with Gasteiger partial charge in [-0.25, -0.2) is 15.0 Å². The third-order valence-electron chi connectivity index (χ3n) is 12.1. The topological polar surface area (TPSA) is 38.7 Å². The molecule has 0 unspecified atom stereocenters. The van der Waals surface area contributed by atoms with Gasteiger partial charge in [-0.05, 0) is 79.5 Å². The fourth-order valence-electron chi connectivity index (χ4n) is 9.45. The second-order valence-corrected chi connectivity index (χ2v) is 16.6. The summed E-state index contributed by atoms with van der Waals surface area (Å²) in [4.78, 5) is 18.4. The smallest absolute Gasteiger partial charge is 0.164 e. The zero-order chi connectivity index (χ0) is 38.1. The minimum Gasteiger partial charge on any atom is -0.208 e. The van der Waals surface area contributed by atoms with E-state index >= 15 is 0 Å². The Morgan fingerprint density at radius 3 is 1.49 bits per heavy atom. The average Bonchev–Trinajstić information content (AvgIpc) is 3.28. The Balaban J connectivity index is 1.16. The van der Waals surface area contributed by atoms with Crippen molar-refractivity contribution in [2.75, 3.05) is 0 Å². The van der Waals surface area contributed by atoms with Crippen LogP contribution in [0.5, 0.6) is 0 Å². The second kappa shape index (κ2) is 13.0. The van der Waals surface area contributed by atoms with E-state index in [1.54, 1.807) is 0 Å². The van der Waals surface area contributed by atoms with Crippen LogP contribution in [0.1, 0.15) is 47.2 Å². The Bertz CT molecular complexity index is 2980. The van der Waals surface area contributed by atoms with Crippen molar-refractivity contribution in [3.05, 3.63) is 221 Å². The van der Waals surface area contributed by atoms with Crippen LogP contribution in [0.3, 0.4) is 0 Å². The molecule has 1 aliphatic carbocycles. The minimum absolute atomic E-state index is 0.302. The van der Waals surface area contributed by atoms with Crippen molar-refractivity contribution in [3.63, 3.8) is 0 Å². The molecule has 9 aromatic rings. The maximum absolute atomic E-state index is 5.34. The third-order valence-corrected chi connectivity index (χ3v) is 13.2. The molecule has 1 aliphatic heterocycles.